The van der Waals surface area contributed by atoms with E-state index in [1.165, 1.54) is 6.07 Å². The number of benzene rings is 1. The molecular formula is C15H11F4N5O2S2. The maximum absolute atomic E-state index is 13.9. The summed E-state index contributed by atoms with van der Waals surface area (Å²) in [7, 11) is -3.94. The number of piperazine rings is 1. The van der Waals surface area contributed by atoms with Crippen molar-refractivity contribution in [3.05, 3.63) is 41.7 Å². The van der Waals surface area contributed by atoms with E-state index < -0.39 is 39.2 Å². The third kappa shape index (κ3) is 2.99. The van der Waals surface area contributed by atoms with E-state index in [1.54, 1.807) is 12.1 Å². The van der Waals surface area contributed by atoms with E-state index in [1.807, 2.05) is 0 Å². The van der Waals surface area contributed by atoms with Crippen LogP contribution in [0.15, 0.2) is 31.8 Å². The molecule has 4 rings (SSSR count). The van der Waals surface area contributed by atoms with Gasteiger partial charge in [0.25, 0.3) is 11.9 Å². The molecule has 0 saturated carbocycles. The van der Waals surface area contributed by atoms with Crippen LogP contribution in [0.5, 0.6) is 0 Å². The molecule has 2 aliphatic rings. The van der Waals surface area contributed by atoms with Crippen molar-refractivity contribution in [3.8, 4) is 0 Å². The lowest BCUT2D eigenvalue weighted by molar-refractivity contribution is 0.369. The Hall–Kier alpha value is -2.38. The molecule has 0 N–H and O–H groups in total. The summed E-state index contributed by atoms with van der Waals surface area (Å²) >= 11 is 0.882. The van der Waals surface area contributed by atoms with Gasteiger partial charge in [-0.1, -0.05) is 6.07 Å². The van der Waals surface area contributed by atoms with Crippen molar-refractivity contribution in [1.82, 2.24) is 9.29 Å². The van der Waals surface area contributed by atoms with Gasteiger partial charge in [0, 0.05) is 26.2 Å². The number of anilines is 1. The van der Waals surface area contributed by atoms with Crippen molar-refractivity contribution in [2.45, 2.75) is 4.90 Å². The highest BCUT2D eigenvalue weighted by molar-refractivity contribution is 7.89. The van der Waals surface area contributed by atoms with Gasteiger partial charge in [0.1, 0.15) is 22.0 Å². The van der Waals surface area contributed by atoms with E-state index in [2.05, 4.69) is 13.7 Å². The van der Waals surface area contributed by atoms with Gasteiger partial charge in [-0.05, 0) is 12.1 Å². The fourth-order valence-corrected chi connectivity index (χ4v) is 5.21. The predicted molar refractivity (Wildman–Crippen MR) is 93.0 cm³/mol. The third-order valence-corrected chi connectivity index (χ3v) is 6.87. The van der Waals surface area contributed by atoms with Crippen LogP contribution in [0, 0.1) is 23.5 Å². The third-order valence-electron chi connectivity index (χ3n) is 4.40. The van der Waals surface area contributed by atoms with Crippen molar-refractivity contribution in [3.63, 3.8) is 0 Å². The van der Waals surface area contributed by atoms with Crippen LogP contribution in [0.3, 0.4) is 0 Å². The van der Waals surface area contributed by atoms with E-state index in [-0.39, 0.29) is 36.8 Å². The van der Waals surface area contributed by atoms with Crippen LogP contribution in [-0.4, -0.2) is 43.9 Å². The fraction of sp³-hybridized carbons (Fsp3) is 0.267. The monoisotopic (exact) mass is 433 g/mol. The first-order chi connectivity index (χ1) is 13.3. The number of hydrogen-bond donors (Lipinski definition) is 0. The second-order valence-electron chi connectivity index (χ2n) is 5.95. The maximum atomic E-state index is 13.9. The number of pyridine rings is 1. The van der Waals surface area contributed by atoms with Gasteiger partial charge in [-0.25, -0.2) is 8.42 Å². The smallest absolute Gasteiger partial charge is 0.253 e. The minimum atomic E-state index is -3.94. The molecule has 13 heteroatoms. The zero-order valence-electron chi connectivity index (χ0n) is 13.9. The predicted octanol–water partition coefficient (Wildman–Crippen LogP) is 2.88. The molecule has 1 fully saturated rings. The molecule has 28 heavy (non-hydrogen) atoms. The number of nitrogens with zero attached hydrogens (tertiary/aromatic N) is 5. The second-order valence-corrected chi connectivity index (χ2v) is 8.38. The Balaban J connectivity index is 1.59. The maximum Gasteiger partial charge on any atom is 0.253 e. The van der Waals surface area contributed by atoms with Crippen molar-refractivity contribution in [2.24, 2.45) is 8.73 Å². The van der Waals surface area contributed by atoms with Crippen LogP contribution >= 0.6 is 0 Å². The molecule has 3 heterocycles. The van der Waals surface area contributed by atoms with Gasteiger partial charge >= 0.3 is 0 Å². The lowest BCUT2D eigenvalue weighted by atomic mass is 10.2. The molecule has 0 aliphatic carbocycles. The zero-order valence-corrected chi connectivity index (χ0v) is 15.6. The summed E-state index contributed by atoms with van der Waals surface area (Å²) in [6, 6.07) is 4.58. The number of hydrogen-bond acceptors (Lipinski definition) is 6. The normalized spacial score (nSPS) is 16.9. The highest BCUT2D eigenvalue weighted by atomic mass is 32.2. The highest BCUT2D eigenvalue weighted by Gasteiger charge is 2.34. The summed E-state index contributed by atoms with van der Waals surface area (Å²) in [6.07, 6.45) is 0. The minimum absolute atomic E-state index is 0.0226. The molecule has 1 aromatic carbocycles. The van der Waals surface area contributed by atoms with E-state index >= 15 is 0 Å². The van der Waals surface area contributed by atoms with Crippen molar-refractivity contribution >= 4 is 38.4 Å². The Morgan fingerprint density at radius 3 is 2.21 bits per heavy atom. The first-order valence-electron chi connectivity index (χ1n) is 7.97. The summed E-state index contributed by atoms with van der Waals surface area (Å²) in [4.78, 5) is 3.55. The SMILES string of the molecule is O=S(=O)(c1cccc2c1N=S=N2)N1CCN(c2c(F)c(F)nc(F)c2F)CC1. The summed E-state index contributed by atoms with van der Waals surface area (Å²) in [6.45, 7) is -0.607. The van der Waals surface area contributed by atoms with Gasteiger partial charge in [-0.2, -0.15) is 35.6 Å². The van der Waals surface area contributed by atoms with Crippen molar-refractivity contribution in [1.29, 1.82) is 0 Å². The molecular weight excluding hydrogens is 422 g/mol. The molecule has 0 radical (unpaired) electrons. The quantitative estimate of drug-likeness (QED) is 0.470. The van der Waals surface area contributed by atoms with E-state index in [4.69, 9.17) is 0 Å². The van der Waals surface area contributed by atoms with Crippen molar-refractivity contribution in [2.75, 3.05) is 31.1 Å². The lowest BCUT2D eigenvalue weighted by Crippen LogP contribution is -2.49. The standard InChI is InChI=1S/C15H11F4N5O2S2/c16-10-13(11(17)15(19)20-14(10)18)23-4-6-24(7-5-23)28(25,26)9-3-1-2-8-12(9)22-27-21-8/h1-3H,4-7H2. The Morgan fingerprint density at radius 2 is 1.57 bits per heavy atom. The first-order valence-corrected chi connectivity index (χ1v) is 10.1. The second kappa shape index (κ2) is 6.90. The summed E-state index contributed by atoms with van der Waals surface area (Å²) in [5.41, 5.74) is -0.213. The Labute approximate surface area is 160 Å². The first kappa shape index (κ1) is 19.0. The van der Waals surface area contributed by atoms with Gasteiger partial charge in [0.15, 0.2) is 0 Å². The van der Waals surface area contributed by atoms with Crippen molar-refractivity contribution < 1.29 is 26.0 Å². The average molecular weight is 433 g/mol. The van der Waals surface area contributed by atoms with Crippen LogP contribution < -0.4 is 4.90 Å². The highest BCUT2D eigenvalue weighted by Crippen LogP contribution is 2.39. The molecule has 1 saturated heterocycles. The van der Waals surface area contributed by atoms with Gasteiger partial charge in [0.2, 0.25) is 21.7 Å². The van der Waals surface area contributed by atoms with Crippen LogP contribution in [0.4, 0.5) is 34.6 Å². The molecule has 1 aromatic heterocycles. The molecule has 0 bridgehead atoms. The average Bonchev–Trinajstić information content (AvgIpc) is 3.16. The molecule has 0 amide bonds. The van der Waals surface area contributed by atoms with Gasteiger partial charge < -0.3 is 4.90 Å². The molecule has 7 nitrogen and oxygen atoms in total. The van der Waals surface area contributed by atoms with Crippen LogP contribution in [0.2, 0.25) is 0 Å². The van der Waals surface area contributed by atoms with Gasteiger partial charge in [0.05, 0.1) is 11.4 Å². The number of sulfonamides is 1. The van der Waals surface area contributed by atoms with E-state index in [0.29, 0.717) is 5.69 Å². The van der Waals surface area contributed by atoms with Crippen LogP contribution in [0.1, 0.15) is 0 Å². The Kier molecular flexibility index (Phi) is 4.67. The molecule has 0 unspecified atom stereocenters. The number of rotatable bonds is 3. The number of halogens is 4. The topological polar surface area (TPSA) is 78.2 Å². The lowest BCUT2D eigenvalue weighted by Gasteiger charge is -2.35. The van der Waals surface area contributed by atoms with Crippen LogP contribution in [-0.2, 0) is 21.4 Å². The largest absolute Gasteiger partial charge is 0.364 e. The van der Waals surface area contributed by atoms with Gasteiger partial charge in [-0.15, -0.1) is 0 Å². The summed E-state index contributed by atoms with van der Waals surface area (Å²) in [5.74, 6) is -6.75. The molecule has 2 aromatic rings. The van der Waals surface area contributed by atoms with E-state index in [9.17, 15) is 26.0 Å². The van der Waals surface area contributed by atoms with E-state index in [0.717, 1.165) is 20.6 Å². The molecule has 148 valence electrons. The zero-order chi connectivity index (χ0) is 20.1. The Morgan fingerprint density at radius 1 is 0.929 bits per heavy atom. The van der Waals surface area contributed by atoms with Crippen LogP contribution in [0.25, 0.3) is 0 Å². The number of aromatic nitrogens is 1. The van der Waals surface area contributed by atoms with Gasteiger partial charge in [-0.3, -0.25) is 0 Å². The Bertz CT molecular complexity index is 1120. The summed E-state index contributed by atoms with van der Waals surface area (Å²) < 4.78 is 89.6. The number of fused-ring (bicyclic) bond motifs is 1. The molecule has 0 spiro atoms. The molecule has 0 atom stereocenters. The fourth-order valence-electron chi connectivity index (χ4n) is 3.03. The minimum Gasteiger partial charge on any atom is -0.364 e. The summed E-state index contributed by atoms with van der Waals surface area (Å²) in [5, 5.41) is 0. The molecule has 2 aliphatic heterocycles.